The zero-order valence-corrected chi connectivity index (χ0v) is 16.3. The van der Waals surface area contributed by atoms with E-state index in [1.165, 1.54) is 24.6 Å². The lowest BCUT2D eigenvalue weighted by molar-refractivity contribution is 0.230. The molecular weight excluding hydrogens is 364 g/mol. The van der Waals surface area contributed by atoms with Gasteiger partial charge in [-0.2, -0.15) is 5.26 Å². The summed E-state index contributed by atoms with van der Waals surface area (Å²) in [4.78, 5) is 21.5. The maximum Gasteiger partial charge on any atom is 0.270 e. The number of likely N-dealkylation sites (tertiary alicyclic amines) is 1. The Morgan fingerprint density at radius 2 is 2.11 bits per heavy atom. The van der Waals surface area contributed by atoms with Gasteiger partial charge in [0.1, 0.15) is 18.2 Å². The van der Waals surface area contributed by atoms with Gasteiger partial charge in [0.2, 0.25) is 0 Å². The summed E-state index contributed by atoms with van der Waals surface area (Å²) < 4.78 is 11.3. The predicted molar refractivity (Wildman–Crippen MR) is 105 cm³/mol. The van der Waals surface area contributed by atoms with Crippen molar-refractivity contribution < 1.29 is 9.47 Å². The highest BCUT2D eigenvalue weighted by molar-refractivity contribution is 7.98. The summed E-state index contributed by atoms with van der Waals surface area (Å²) in [6.07, 6.45) is 4.31. The minimum Gasteiger partial charge on any atom is -0.493 e. The fourth-order valence-corrected chi connectivity index (χ4v) is 3.46. The molecule has 27 heavy (non-hydrogen) atoms. The first kappa shape index (κ1) is 19.3. The van der Waals surface area contributed by atoms with Crippen LogP contribution in [0.15, 0.2) is 28.2 Å². The van der Waals surface area contributed by atoms with Crippen molar-refractivity contribution in [3.63, 3.8) is 0 Å². The van der Waals surface area contributed by atoms with Gasteiger partial charge in [0, 0.05) is 12.1 Å². The fraction of sp³-hybridized carbons (Fsp3) is 0.421. The number of hydrogen-bond donors (Lipinski definition) is 1. The summed E-state index contributed by atoms with van der Waals surface area (Å²) in [5.74, 6) is 1.18. The van der Waals surface area contributed by atoms with E-state index in [0.717, 1.165) is 19.6 Å². The molecule has 1 N–H and O–H groups in total. The second kappa shape index (κ2) is 8.93. The van der Waals surface area contributed by atoms with Crippen LogP contribution in [0.2, 0.25) is 0 Å². The van der Waals surface area contributed by atoms with Crippen molar-refractivity contribution in [3.8, 4) is 28.8 Å². The Hall–Kier alpha value is -2.50. The van der Waals surface area contributed by atoms with Crippen LogP contribution in [0.5, 0.6) is 11.5 Å². The summed E-state index contributed by atoms with van der Waals surface area (Å²) in [7, 11) is 1.57. The van der Waals surface area contributed by atoms with Crippen LogP contribution in [0.3, 0.4) is 0 Å². The molecule has 2 aromatic rings. The number of ether oxygens (including phenoxy) is 2. The van der Waals surface area contributed by atoms with Gasteiger partial charge in [-0.3, -0.25) is 9.69 Å². The minimum absolute atomic E-state index is 0.0162. The van der Waals surface area contributed by atoms with Crippen molar-refractivity contribution >= 4 is 11.8 Å². The Morgan fingerprint density at radius 3 is 2.78 bits per heavy atom. The Labute approximate surface area is 162 Å². The molecule has 0 atom stereocenters. The SMILES string of the molecule is COc1cc(-c2nc(SC)[nH]c(=O)c2C#N)ccc1OCCN1CCCC1. The van der Waals surface area contributed by atoms with Crippen LogP contribution in [-0.2, 0) is 0 Å². The van der Waals surface area contributed by atoms with E-state index in [-0.39, 0.29) is 5.56 Å². The standard InChI is InChI=1S/C19H22N4O3S/c1-25-16-11-13(17-14(12-20)18(24)22-19(21-17)27-2)5-6-15(16)26-10-9-23-7-3-4-8-23/h5-6,11H,3-4,7-10H2,1-2H3,(H,21,22,24). The molecule has 8 heteroatoms. The average molecular weight is 386 g/mol. The summed E-state index contributed by atoms with van der Waals surface area (Å²) in [6.45, 7) is 3.72. The number of rotatable bonds is 7. The third-order valence-electron chi connectivity index (χ3n) is 4.50. The lowest BCUT2D eigenvalue weighted by atomic mass is 10.1. The number of aromatic amines is 1. The van der Waals surface area contributed by atoms with E-state index in [1.807, 2.05) is 12.3 Å². The second-order valence-corrected chi connectivity index (χ2v) is 6.97. The molecule has 1 aliphatic heterocycles. The first-order valence-corrected chi connectivity index (χ1v) is 10.0. The highest BCUT2D eigenvalue weighted by Crippen LogP contribution is 2.33. The summed E-state index contributed by atoms with van der Waals surface area (Å²) in [5.41, 5.74) is 0.513. The smallest absolute Gasteiger partial charge is 0.270 e. The van der Waals surface area contributed by atoms with E-state index in [1.54, 1.807) is 25.3 Å². The Morgan fingerprint density at radius 1 is 1.33 bits per heavy atom. The van der Waals surface area contributed by atoms with Crippen molar-refractivity contribution in [1.29, 1.82) is 5.26 Å². The van der Waals surface area contributed by atoms with Crippen molar-refractivity contribution in [2.24, 2.45) is 0 Å². The molecule has 0 aliphatic carbocycles. The largest absolute Gasteiger partial charge is 0.493 e. The van der Waals surface area contributed by atoms with Gasteiger partial charge in [0.25, 0.3) is 5.56 Å². The number of hydrogen-bond acceptors (Lipinski definition) is 7. The molecule has 1 aromatic heterocycles. The molecule has 3 rings (SSSR count). The molecule has 1 aliphatic rings. The number of nitrogens with one attached hydrogen (secondary N) is 1. The van der Waals surface area contributed by atoms with Gasteiger partial charge in [0.05, 0.1) is 12.8 Å². The molecule has 0 saturated carbocycles. The van der Waals surface area contributed by atoms with E-state index in [4.69, 9.17) is 9.47 Å². The van der Waals surface area contributed by atoms with Crippen molar-refractivity contribution in [1.82, 2.24) is 14.9 Å². The van der Waals surface area contributed by atoms with Crippen LogP contribution < -0.4 is 15.0 Å². The number of nitrogens with zero attached hydrogens (tertiary/aromatic N) is 3. The van der Waals surface area contributed by atoms with Crippen molar-refractivity contribution in [3.05, 3.63) is 34.1 Å². The molecule has 0 radical (unpaired) electrons. The Kier molecular flexibility index (Phi) is 6.37. The number of nitriles is 1. The van der Waals surface area contributed by atoms with Crippen LogP contribution in [0.1, 0.15) is 18.4 Å². The summed E-state index contributed by atoms with van der Waals surface area (Å²) in [6, 6.07) is 7.27. The van der Waals surface area contributed by atoms with Crippen LogP contribution in [0, 0.1) is 11.3 Å². The van der Waals surface area contributed by atoms with Crippen LogP contribution in [0.25, 0.3) is 11.3 Å². The molecule has 1 fully saturated rings. The van der Waals surface area contributed by atoms with Gasteiger partial charge >= 0.3 is 0 Å². The van der Waals surface area contributed by atoms with Gasteiger partial charge in [-0.25, -0.2) is 4.98 Å². The highest BCUT2D eigenvalue weighted by Gasteiger charge is 2.16. The predicted octanol–water partition coefficient (Wildman–Crippen LogP) is 2.51. The van der Waals surface area contributed by atoms with Gasteiger partial charge in [0.15, 0.2) is 16.7 Å². The molecule has 142 valence electrons. The lowest BCUT2D eigenvalue weighted by Crippen LogP contribution is -2.25. The Bertz CT molecular complexity index is 901. The average Bonchev–Trinajstić information content (AvgIpc) is 3.21. The third kappa shape index (κ3) is 4.43. The van der Waals surface area contributed by atoms with Crippen LogP contribution in [-0.4, -0.2) is 54.5 Å². The lowest BCUT2D eigenvalue weighted by Gasteiger charge is -2.16. The Balaban J connectivity index is 1.84. The highest BCUT2D eigenvalue weighted by atomic mass is 32.2. The van der Waals surface area contributed by atoms with E-state index < -0.39 is 5.56 Å². The van der Waals surface area contributed by atoms with Gasteiger partial charge in [-0.05, 0) is 50.4 Å². The normalized spacial score (nSPS) is 14.1. The molecule has 0 amide bonds. The molecule has 0 spiro atoms. The van der Waals surface area contributed by atoms with E-state index in [2.05, 4.69) is 14.9 Å². The van der Waals surface area contributed by atoms with Crippen LogP contribution in [0.4, 0.5) is 0 Å². The molecule has 0 bridgehead atoms. The monoisotopic (exact) mass is 386 g/mol. The van der Waals surface area contributed by atoms with Gasteiger partial charge in [-0.15, -0.1) is 0 Å². The first-order chi connectivity index (χ1) is 13.2. The zero-order valence-electron chi connectivity index (χ0n) is 15.4. The number of aromatic nitrogens is 2. The maximum absolute atomic E-state index is 12.1. The van der Waals surface area contributed by atoms with E-state index in [0.29, 0.717) is 34.5 Å². The number of benzene rings is 1. The minimum atomic E-state index is -0.447. The topological polar surface area (TPSA) is 91.2 Å². The molecule has 2 heterocycles. The molecule has 1 saturated heterocycles. The zero-order chi connectivity index (χ0) is 19.2. The number of thioether (sulfide) groups is 1. The molecule has 7 nitrogen and oxygen atoms in total. The van der Waals surface area contributed by atoms with E-state index in [9.17, 15) is 10.1 Å². The maximum atomic E-state index is 12.1. The number of methoxy groups -OCH3 is 1. The molecular formula is C19H22N4O3S. The van der Waals surface area contributed by atoms with Gasteiger partial charge in [-0.1, -0.05) is 11.8 Å². The fourth-order valence-electron chi connectivity index (χ4n) is 3.09. The number of H-pyrrole nitrogens is 1. The molecule has 1 aromatic carbocycles. The van der Waals surface area contributed by atoms with Gasteiger partial charge < -0.3 is 14.5 Å². The second-order valence-electron chi connectivity index (χ2n) is 6.17. The molecule has 0 unspecified atom stereocenters. The van der Waals surface area contributed by atoms with Crippen LogP contribution >= 0.6 is 11.8 Å². The van der Waals surface area contributed by atoms with Crippen molar-refractivity contribution in [2.75, 3.05) is 39.6 Å². The summed E-state index contributed by atoms with van der Waals surface area (Å²) >= 11 is 1.31. The quantitative estimate of drug-likeness (QED) is 0.577. The third-order valence-corrected chi connectivity index (χ3v) is 5.08. The first-order valence-electron chi connectivity index (χ1n) is 8.78. The summed E-state index contributed by atoms with van der Waals surface area (Å²) in [5, 5.41) is 9.81. The van der Waals surface area contributed by atoms with Crippen molar-refractivity contribution in [2.45, 2.75) is 18.0 Å². The van der Waals surface area contributed by atoms with E-state index >= 15 is 0 Å².